The molecule has 0 spiro atoms. The average molecular weight is 556 g/mol. The molecule has 3 atom stereocenters. The Morgan fingerprint density at radius 1 is 1.34 bits per heavy atom. The average Bonchev–Trinajstić information content (AvgIpc) is 3.35. The maximum absolute atomic E-state index is 16.2. The summed E-state index contributed by atoms with van der Waals surface area (Å²) in [6.45, 7) is -0.0352. The van der Waals surface area contributed by atoms with E-state index in [0.717, 1.165) is 10.6 Å². The molecule has 202 valence electrons. The number of fused-ring (bicyclic) bond motifs is 3. The molecule has 3 aromatic rings. The van der Waals surface area contributed by atoms with E-state index in [1.807, 2.05) is 0 Å². The molecule has 14 heteroatoms. The largest absolute Gasteiger partial charge is 0.491 e. The molecular weight excluding hydrogens is 531 g/mol. The number of aliphatic hydroxyl groups is 1. The van der Waals surface area contributed by atoms with E-state index in [9.17, 15) is 18.7 Å². The number of nitrogens with zero attached hydrogens (tertiary/aromatic N) is 4. The van der Waals surface area contributed by atoms with Gasteiger partial charge in [-0.3, -0.25) is 14.3 Å². The van der Waals surface area contributed by atoms with Gasteiger partial charge in [-0.05, 0) is 19.9 Å². The Bertz CT molecular complexity index is 1540. The third kappa shape index (κ3) is 4.78. The number of aromatic nitrogens is 4. The minimum atomic E-state index is -2.98. The van der Waals surface area contributed by atoms with Crippen molar-refractivity contribution in [3.63, 3.8) is 0 Å². The van der Waals surface area contributed by atoms with Crippen LogP contribution in [0.2, 0.25) is 5.02 Å². The molecule has 5 rings (SSSR count). The highest BCUT2D eigenvalue weighted by molar-refractivity contribution is 6.31. The highest BCUT2D eigenvalue weighted by Crippen LogP contribution is 2.39. The topological polar surface area (TPSA) is 113 Å². The number of halogens is 4. The monoisotopic (exact) mass is 555 g/mol. The molecule has 0 amide bonds. The van der Waals surface area contributed by atoms with Crippen molar-refractivity contribution < 1.29 is 35.2 Å². The van der Waals surface area contributed by atoms with Crippen molar-refractivity contribution in [2.24, 2.45) is 0 Å². The second-order valence-corrected chi connectivity index (χ2v) is 9.39. The van der Waals surface area contributed by atoms with Gasteiger partial charge in [0.1, 0.15) is 59.5 Å². The highest BCUT2D eigenvalue weighted by Gasteiger charge is 2.42. The third-order valence-corrected chi connectivity index (χ3v) is 6.22. The van der Waals surface area contributed by atoms with Crippen LogP contribution in [-0.4, -0.2) is 43.8 Å². The molecule has 0 fully saturated rings. The van der Waals surface area contributed by atoms with Crippen molar-refractivity contribution in [3.05, 3.63) is 81.0 Å². The summed E-state index contributed by atoms with van der Waals surface area (Å²) in [5.74, 6) is -3.06. The maximum Gasteiger partial charge on any atom is 0.276 e. The molecule has 2 aliphatic heterocycles. The Balaban J connectivity index is 1.55. The predicted octanol–water partition coefficient (Wildman–Crippen LogP) is 3.11. The van der Waals surface area contributed by atoms with Crippen molar-refractivity contribution in [1.29, 1.82) is 0 Å². The fraction of sp³-hybridized carbons (Fsp3) is 0.375. The van der Waals surface area contributed by atoms with Crippen molar-refractivity contribution in [2.45, 2.75) is 44.4 Å². The zero-order valence-corrected chi connectivity index (χ0v) is 20.7. The molecule has 10 nitrogen and oxygen atoms in total. The van der Waals surface area contributed by atoms with Crippen molar-refractivity contribution in [1.82, 2.24) is 24.6 Å². The first-order valence-corrected chi connectivity index (χ1v) is 11.7. The number of allylic oxidation sites excluding steroid dienone is 1. The summed E-state index contributed by atoms with van der Waals surface area (Å²) >= 11 is 6.27. The SMILES string of the molecule is [2H]C([2H])(Oc1cc2n(c(=O)c1Cl)C1C(=CN[C@@H](n3ccc(C(C)(C)O)n3)[C@H]1F)OCCO2)c1ncc(F)cc1F. The van der Waals surface area contributed by atoms with Gasteiger partial charge in [-0.2, -0.15) is 5.10 Å². The summed E-state index contributed by atoms with van der Waals surface area (Å²) in [7, 11) is 0. The molecule has 0 aliphatic carbocycles. The van der Waals surface area contributed by atoms with Crippen LogP contribution >= 0.6 is 11.6 Å². The number of pyridine rings is 2. The Morgan fingerprint density at radius 3 is 2.82 bits per heavy atom. The third-order valence-electron chi connectivity index (χ3n) is 5.87. The second-order valence-electron chi connectivity index (χ2n) is 9.01. The van der Waals surface area contributed by atoms with Crippen molar-refractivity contribution in [3.8, 4) is 11.6 Å². The van der Waals surface area contributed by atoms with E-state index in [2.05, 4.69) is 15.4 Å². The second kappa shape index (κ2) is 9.87. The van der Waals surface area contributed by atoms with Gasteiger partial charge in [0.25, 0.3) is 5.56 Å². The van der Waals surface area contributed by atoms with E-state index in [0.29, 0.717) is 12.3 Å². The molecule has 2 N–H and O–H groups in total. The van der Waals surface area contributed by atoms with Crippen LogP contribution in [0.25, 0.3) is 0 Å². The standard InChI is InChI=1S/C24H23ClF3N5O5/c1-24(2,35)17-3-4-32(31-17)22-20(28)21-16(10-30-22)36-5-6-37-18-8-15(19(25)23(34)33(18)21)38-11-14-13(27)7-12(26)9-29-14/h3-4,7-10,20-22,30,35H,5-6,11H2,1-2H3/t20-,21?,22-/m0/s1/i11D2. The molecule has 0 bridgehead atoms. The van der Waals surface area contributed by atoms with Gasteiger partial charge in [0, 0.05) is 24.5 Å². The number of rotatable bonds is 5. The van der Waals surface area contributed by atoms with Gasteiger partial charge < -0.3 is 24.6 Å². The lowest BCUT2D eigenvalue weighted by Crippen LogP contribution is -2.46. The highest BCUT2D eigenvalue weighted by atomic mass is 35.5. The maximum atomic E-state index is 16.2. The lowest BCUT2D eigenvalue weighted by atomic mass is 10.0. The molecule has 2 aliphatic rings. The number of alkyl halides is 1. The Hall–Kier alpha value is -3.71. The smallest absolute Gasteiger partial charge is 0.276 e. The Labute approximate surface area is 222 Å². The number of hydrogen-bond donors (Lipinski definition) is 2. The molecular formula is C24H23ClF3N5O5. The number of ether oxygens (including phenoxy) is 3. The summed E-state index contributed by atoms with van der Waals surface area (Å²) in [6, 6.07) is 1.62. The van der Waals surface area contributed by atoms with Crippen LogP contribution < -0.4 is 20.3 Å². The van der Waals surface area contributed by atoms with Gasteiger partial charge in [0.15, 0.2) is 18.2 Å². The lowest BCUT2D eigenvalue weighted by Gasteiger charge is -2.37. The number of nitrogens with one attached hydrogen (secondary N) is 1. The van der Waals surface area contributed by atoms with Gasteiger partial charge in [-0.15, -0.1) is 0 Å². The molecule has 0 saturated carbocycles. The normalized spacial score (nSPS) is 22.2. The Kier molecular flexibility index (Phi) is 6.08. The van der Waals surface area contributed by atoms with Crippen LogP contribution in [-0.2, 0) is 16.9 Å². The van der Waals surface area contributed by atoms with E-state index in [-0.39, 0.29) is 30.5 Å². The van der Waals surface area contributed by atoms with Crippen LogP contribution in [0.4, 0.5) is 13.2 Å². The van der Waals surface area contributed by atoms with Crippen LogP contribution in [0.5, 0.6) is 11.6 Å². The molecule has 0 aromatic carbocycles. The van der Waals surface area contributed by atoms with Gasteiger partial charge in [-0.25, -0.2) is 17.9 Å². The zero-order chi connectivity index (χ0) is 29.0. The molecule has 0 radical (unpaired) electrons. The van der Waals surface area contributed by atoms with E-state index in [1.54, 1.807) is 0 Å². The van der Waals surface area contributed by atoms with Crippen LogP contribution in [0.3, 0.4) is 0 Å². The molecule has 3 aromatic heterocycles. The molecule has 1 unspecified atom stereocenters. The van der Waals surface area contributed by atoms with E-state index in [1.165, 1.54) is 37.0 Å². The fourth-order valence-electron chi connectivity index (χ4n) is 4.02. The minimum Gasteiger partial charge on any atom is -0.491 e. The van der Waals surface area contributed by atoms with E-state index < -0.39 is 64.2 Å². The van der Waals surface area contributed by atoms with Gasteiger partial charge in [0.05, 0.1) is 14.6 Å². The first-order valence-electron chi connectivity index (χ1n) is 12.4. The summed E-state index contributed by atoms with van der Waals surface area (Å²) < 4.78 is 78.7. The minimum absolute atomic E-state index is 0.0232. The van der Waals surface area contributed by atoms with Crippen molar-refractivity contribution in [2.75, 3.05) is 13.2 Å². The zero-order valence-electron chi connectivity index (χ0n) is 22.0. The Morgan fingerprint density at radius 2 is 2.11 bits per heavy atom. The molecule has 0 saturated heterocycles. The summed E-state index contributed by atoms with van der Waals surface area (Å²) in [4.78, 5) is 16.9. The molecule has 5 heterocycles. The lowest BCUT2D eigenvalue weighted by molar-refractivity contribution is 0.0423. The summed E-state index contributed by atoms with van der Waals surface area (Å²) in [6.07, 6.45) is 0.434. The number of hydrogen-bond acceptors (Lipinski definition) is 8. The van der Waals surface area contributed by atoms with Gasteiger partial charge in [-0.1, -0.05) is 11.6 Å². The quantitative estimate of drug-likeness (QED) is 0.494. The summed E-state index contributed by atoms with van der Waals surface area (Å²) in [5.41, 5.74) is -2.89. The van der Waals surface area contributed by atoms with Crippen molar-refractivity contribution >= 4 is 11.6 Å². The summed E-state index contributed by atoms with van der Waals surface area (Å²) in [5, 5.41) is 16.7. The predicted molar refractivity (Wildman–Crippen MR) is 127 cm³/mol. The van der Waals surface area contributed by atoms with Gasteiger partial charge >= 0.3 is 0 Å². The van der Waals surface area contributed by atoms with Crippen LogP contribution in [0.1, 0.15) is 40.2 Å². The van der Waals surface area contributed by atoms with Gasteiger partial charge in [0.2, 0.25) is 5.88 Å². The molecule has 38 heavy (non-hydrogen) atoms. The first kappa shape index (κ1) is 23.4. The van der Waals surface area contributed by atoms with E-state index >= 15 is 4.39 Å². The van der Waals surface area contributed by atoms with Crippen LogP contribution in [0.15, 0.2) is 47.3 Å². The fourth-order valence-corrected chi connectivity index (χ4v) is 4.20. The van der Waals surface area contributed by atoms with E-state index in [4.69, 9.17) is 28.6 Å². The first-order chi connectivity index (χ1) is 18.8. The van der Waals surface area contributed by atoms with Crippen LogP contribution in [0, 0.1) is 11.6 Å².